The highest BCUT2D eigenvalue weighted by Crippen LogP contribution is 2.22. The minimum atomic E-state index is -4.08. The molecule has 0 spiro atoms. The number of ether oxygens (including phenoxy) is 1. The van der Waals surface area contributed by atoms with Crippen molar-refractivity contribution in [2.45, 2.75) is 0 Å². The summed E-state index contributed by atoms with van der Waals surface area (Å²) in [6.45, 7) is -0.355. The lowest BCUT2D eigenvalue weighted by Crippen LogP contribution is -2.24. The summed E-state index contributed by atoms with van der Waals surface area (Å²) in [5.41, 5.74) is 0. The lowest BCUT2D eigenvalue weighted by Gasteiger charge is -2.07. The highest BCUT2D eigenvalue weighted by molar-refractivity contribution is 8.11. The van der Waals surface area contributed by atoms with Crippen molar-refractivity contribution in [3.63, 3.8) is 0 Å². The van der Waals surface area contributed by atoms with E-state index in [9.17, 15) is 18.3 Å². The summed E-state index contributed by atoms with van der Waals surface area (Å²) in [4.78, 5) is 13.8. The number of phenols is 1. The van der Waals surface area contributed by atoms with Crippen LogP contribution >= 0.6 is 0 Å². The van der Waals surface area contributed by atoms with Crippen LogP contribution in [0.25, 0.3) is 0 Å². The predicted octanol–water partition coefficient (Wildman–Crippen LogP) is 0.524. The largest absolute Gasteiger partial charge is 0.508 e. The second-order valence-corrected chi connectivity index (χ2v) is 5.54. The molecule has 1 heterocycles. The van der Waals surface area contributed by atoms with Crippen molar-refractivity contribution in [1.29, 1.82) is 0 Å². The van der Waals surface area contributed by atoms with Crippen LogP contribution in [0.4, 0.5) is 0 Å². The molecule has 0 amide bonds. The van der Waals surface area contributed by atoms with Crippen LogP contribution < -0.4 is 4.74 Å². The maximum atomic E-state index is 11.7. The van der Waals surface area contributed by atoms with Gasteiger partial charge in [-0.25, -0.2) is 18.2 Å². The number of hydrogen-bond acceptors (Lipinski definition) is 6. The van der Waals surface area contributed by atoms with Gasteiger partial charge in [0.15, 0.2) is 0 Å². The van der Waals surface area contributed by atoms with Crippen molar-refractivity contribution in [1.82, 2.24) is 0 Å². The summed E-state index contributed by atoms with van der Waals surface area (Å²) < 4.78 is 28.6. The van der Waals surface area contributed by atoms with Crippen LogP contribution in [0.3, 0.4) is 0 Å². The molecule has 100 valence electrons. The molecule has 0 fully saturated rings. The Kier molecular flexibility index (Phi) is 3.26. The summed E-state index contributed by atoms with van der Waals surface area (Å²) in [6, 6.07) is 5.80. The van der Waals surface area contributed by atoms with Crippen LogP contribution in [0.15, 0.2) is 40.4 Å². The molecule has 0 aromatic heterocycles. The number of benzene rings is 1. The Morgan fingerprint density at radius 2 is 2.11 bits per heavy atom. The van der Waals surface area contributed by atoms with Gasteiger partial charge in [0.1, 0.15) is 23.0 Å². The molecule has 8 heteroatoms. The molecule has 2 rings (SSSR count). The van der Waals surface area contributed by atoms with E-state index in [2.05, 4.69) is 4.99 Å². The molecule has 7 nitrogen and oxygen atoms in total. The quantitative estimate of drug-likeness (QED) is 0.833. The van der Waals surface area contributed by atoms with Gasteiger partial charge < -0.3 is 14.9 Å². The predicted molar refractivity (Wildman–Crippen MR) is 65.7 cm³/mol. The maximum Gasteiger partial charge on any atom is 0.366 e. The van der Waals surface area contributed by atoms with Gasteiger partial charge in [0.25, 0.3) is 0 Å². The van der Waals surface area contributed by atoms with Crippen LogP contribution in [-0.4, -0.2) is 36.3 Å². The Morgan fingerprint density at radius 1 is 1.37 bits per heavy atom. The smallest absolute Gasteiger partial charge is 0.366 e. The van der Waals surface area contributed by atoms with Crippen LogP contribution in [0, 0.1) is 0 Å². The normalized spacial score (nSPS) is 16.6. The molecule has 1 aromatic rings. The number of carboxylic acid groups (broad SMARTS) is 1. The molecule has 0 unspecified atom stereocenters. The van der Waals surface area contributed by atoms with Crippen molar-refractivity contribution < 1.29 is 28.2 Å². The zero-order valence-electron chi connectivity index (χ0n) is 9.48. The van der Waals surface area contributed by atoms with Crippen molar-refractivity contribution in [3.8, 4) is 11.5 Å². The van der Waals surface area contributed by atoms with Gasteiger partial charge in [0.2, 0.25) is 14.9 Å². The number of phenolic OH excluding ortho intramolecular Hbond substituents is 1. The molecule has 0 radical (unpaired) electrons. The van der Waals surface area contributed by atoms with E-state index in [1.54, 1.807) is 0 Å². The Balaban J connectivity index is 2.09. The van der Waals surface area contributed by atoms with E-state index in [4.69, 9.17) is 9.84 Å². The zero-order chi connectivity index (χ0) is 14.0. The Morgan fingerprint density at radius 3 is 2.68 bits per heavy atom. The summed E-state index contributed by atoms with van der Waals surface area (Å²) in [5.74, 6) is -1.37. The summed E-state index contributed by atoms with van der Waals surface area (Å²) in [6.07, 6.45) is 0.946. The Hall–Kier alpha value is -2.35. The first-order valence-electron chi connectivity index (χ1n) is 5.08. The minimum Gasteiger partial charge on any atom is -0.508 e. The fourth-order valence-electron chi connectivity index (χ4n) is 1.41. The number of hydrogen-bond donors (Lipinski definition) is 2. The molecule has 0 atom stereocenters. The highest BCUT2D eigenvalue weighted by atomic mass is 32.2. The van der Waals surface area contributed by atoms with Crippen molar-refractivity contribution >= 4 is 20.9 Å². The number of nitrogens with zero attached hydrogens (tertiary/aromatic N) is 1. The van der Waals surface area contributed by atoms with E-state index < -0.39 is 20.9 Å². The van der Waals surface area contributed by atoms with E-state index >= 15 is 0 Å². The fourth-order valence-corrected chi connectivity index (χ4v) is 2.48. The average molecular weight is 283 g/mol. The maximum absolute atomic E-state index is 11.7. The lowest BCUT2D eigenvalue weighted by molar-refractivity contribution is -0.129. The molecular formula is C11H9NO6S. The van der Waals surface area contributed by atoms with Gasteiger partial charge in [-0.05, 0) is 12.1 Å². The van der Waals surface area contributed by atoms with Crippen molar-refractivity contribution in [2.24, 2.45) is 4.99 Å². The number of rotatable bonds is 4. The van der Waals surface area contributed by atoms with E-state index in [1.807, 2.05) is 0 Å². The SMILES string of the molecule is O=C(O)C1=NC=C(COc2cccc(O)c2)S1(=O)=O. The first-order chi connectivity index (χ1) is 8.91. The second kappa shape index (κ2) is 4.73. The second-order valence-electron chi connectivity index (χ2n) is 3.62. The molecule has 1 aliphatic heterocycles. The first kappa shape index (κ1) is 13.1. The van der Waals surface area contributed by atoms with Gasteiger partial charge in [0.05, 0.1) is 0 Å². The highest BCUT2D eigenvalue weighted by Gasteiger charge is 2.35. The Labute approximate surface area is 108 Å². The van der Waals surface area contributed by atoms with E-state index in [1.165, 1.54) is 24.3 Å². The van der Waals surface area contributed by atoms with Gasteiger partial charge in [-0.2, -0.15) is 0 Å². The monoisotopic (exact) mass is 283 g/mol. The summed E-state index contributed by atoms with van der Waals surface area (Å²) in [5, 5.41) is 17.0. The number of aliphatic carboxylic acids is 1. The van der Waals surface area contributed by atoms with E-state index in [0.717, 1.165) is 6.20 Å². The van der Waals surface area contributed by atoms with Gasteiger partial charge in [-0.15, -0.1) is 0 Å². The number of carbonyl (C=O) groups is 1. The molecule has 1 aromatic carbocycles. The molecular weight excluding hydrogens is 274 g/mol. The van der Waals surface area contributed by atoms with Gasteiger partial charge in [-0.1, -0.05) is 6.07 Å². The molecule has 0 saturated heterocycles. The molecule has 2 N–H and O–H groups in total. The van der Waals surface area contributed by atoms with Gasteiger partial charge >= 0.3 is 5.97 Å². The number of aromatic hydroxyl groups is 1. The number of aliphatic imine (C=N–C) groups is 1. The third-order valence-electron chi connectivity index (χ3n) is 2.31. The third kappa shape index (κ3) is 2.58. The zero-order valence-corrected chi connectivity index (χ0v) is 10.3. The average Bonchev–Trinajstić information content (AvgIpc) is 2.62. The van der Waals surface area contributed by atoms with Crippen LogP contribution in [0.2, 0.25) is 0 Å². The van der Waals surface area contributed by atoms with Crippen LogP contribution in [0.1, 0.15) is 0 Å². The van der Waals surface area contributed by atoms with E-state index in [0.29, 0.717) is 0 Å². The van der Waals surface area contributed by atoms with Crippen molar-refractivity contribution in [3.05, 3.63) is 35.4 Å². The van der Waals surface area contributed by atoms with Gasteiger partial charge in [-0.3, -0.25) is 0 Å². The topological polar surface area (TPSA) is 113 Å². The molecule has 19 heavy (non-hydrogen) atoms. The number of sulfone groups is 1. The molecule has 0 aliphatic carbocycles. The standard InChI is InChI=1S/C11H9NO6S/c13-7-2-1-3-8(4-7)18-6-9-5-12-10(11(14)15)19(9,16)17/h1-5,13H,6H2,(H,14,15). The van der Waals surface area contributed by atoms with E-state index in [-0.39, 0.29) is 23.0 Å². The summed E-state index contributed by atoms with van der Waals surface area (Å²) >= 11 is 0. The number of carboxylic acids is 1. The molecule has 0 saturated carbocycles. The third-order valence-corrected chi connectivity index (χ3v) is 4.01. The summed E-state index contributed by atoms with van der Waals surface area (Å²) in [7, 11) is -4.08. The lowest BCUT2D eigenvalue weighted by atomic mass is 10.3. The van der Waals surface area contributed by atoms with Gasteiger partial charge in [0, 0.05) is 12.3 Å². The first-order valence-corrected chi connectivity index (χ1v) is 6.56. The van der Waals surface area contributed by atoms with Crippen molar-refractivity contribution in [2.75, 3.05) is 6.61 Å². The molecule has 1 aliphatic rings. The van der Waals surface area contributed by atoms with Crippen LogP contribution in [0.5, 0.6) is 11.5 Å². The molecule has 0 bridgehead atoms. The Bertz CT molecular complexity index is 689. The van der Waals surface area contributed by atoms with Crippen LogP contribution in [-0.2, 0) is 14.6 Å². The minimum absolute atomic E-state index is 0.0248. The fraction of sp³-hybridized carbons (Fsp3) is 0.0909.